The van der Waals surface area contributed by atoms with Crippen LogP contribution in [0.1, 0.15) is 31.1 Å². The van der Waals surface area contributed by atoms with Crippen molar-refractivity contribution in [1.29, 1.82) is 0 Å². The van der Waals surface area contributed by atoms with Gasteiger partial charge in [0.2, 0.25) is 0 Å². The van der Waals surface area contributed by atoms with Crippen LogP contribution in [0.4, 0.5) is 4.39 Å². The summed E-state index contributed by atoms with van der Waals surface area (Å²) in [5.74, 6) is -0.550. The standard InChI is InChI=1S/C14H17FO3S/c1-14(2,3)18-13(17)9-19-8-12(16)10-4-6-11(15)7-5-10/h4-7H,8-9H2,1-3H3. The maximum Gasteiger partial charge on any atom is 0.316 e. The highest BCUT2D eigenvalue weighted by atomic mass is 32.2. The zero-order valence-corrected chi connectivity index (χ0v) is 12.1. The Hall–Kier alpha value is -1.36. The minimum atomic E-state index is -0.515. The van der Waals surface area contributed by atoms with E-state index >= 15 is 0 Å². The minimum absolute atomic E-state index is 0.129. The quantitative estimate of drug-likeness (QED) is 0.615. The first-order valence-corrected chi connectivity index (χ1v) is 7.02. The van der Waals surface area contributed by atoms with Gasteiger partial charge in [0.1, 0.15) is 11.4 Å². The summed E-state index contributed by atoms with van der Waals surface area (Å²) >= 11 is 1.19. The van der Waals surface area contributed by atoms with Gasteiger partial charge in [-0.2, -0.15) is 0 Å². The monoisotopic (exact) mass is 284 g/mol. The fourth-order valence-corrected chi connectivity index (χ4v) is 2.00. The van der Waals surface area contributed by atoms with Crippen molar-refractivity contribution in [2.45, 2.75) is 26.4 Å². The van der Waals surface area contributed by atoms with E-state index < -0.39 is 5.60 Å². The topological polar surface area (TPSA) is 43.4 Å². The normalized spacial score (nSPS) is 11.2. The van der Waals surface area contributed by atoms with Crippen molar-refractivity contribution >= 4 is 23.5 Å². The Labute approximate surface area is 116 Å². The Bertz CT molecular complexity index is 449. The lowest BCUT2D eigenvalue weighted by atomic mass is 10.1. The molecule has 0 aliphatic carbocycles. The number of halogens is 1. The number of ketones is 1. The lowest BCUT2D eigenvalue weighted by molar-refractivity contribution is -0.151. The Morgan fingerprint density at radius 3 is 2.26 bits per heavy atom. The largest absolute Gasteiger partial charge is 0.459 e. The maximum atomic E-state index is 12.7. The molecule has 0 aliphatic rings. The molecule has 0 saturated heterocycles. The van der Waals surface area contributed by atoms with E-state index in [1.165, 1.54) is 36.0 Å². The van der Waals surface area contributed by atoms with Crippen LogP contribution in [0.15, 0.2) is 24.3 Å². The summed E-state index contributed by atoms with van der Waals surface area (Å²) in [7, 11) is 0. The first kappa shape index (κ1) is 15.7. The highest BCUT2D eigenvalue weighted by molar-refractivity contribution is 8.00. The molecule has 0 bridgehead atoms. The second-order valence-electron chi connectivity index (χ2n) is 5.01. The van der Waals surface area contributed by atoms with Crippen molar-refractivity contribution in [2.24, 2.45) is 0 Å². The SMILES string of the molecule is CC(C)(C)OC(=O)CSCC(=O)c1ccc(F)cc1. The lowest BCUT2D eigenvalue weighted by Gasteiger charge is -2.19. The fourth-order valence-electron chi connectivity index (χ4n) is 1.32. The van der Waals surface area contributed by atoms with Gasteiger partial charge >= 0.3 is 5.97 Å². The van der Waals surface area contributed by atoms with E-state index in [9.17, 15) is 14.0 Å². The molecule has 0 amide bonds. The number of hydrogen-bond donors (Lipinski definition) is 0. The van der Waals surface area contributed by atoms with Crippen molar-refractivity contribution in [2.75, 3.05) is 11.5 Å². The van der Waals surface area contributed by atoms with E-state index in [-0.39, 0.29) is 29.1 Å². The molecule has 19 heavy (non-hydrogen) atoms. The van der Waals surface area contributed by atoms with E-state index in [4.69, 9.17) is 4.74 Å². The molecule has 0 fully saturated rings. The van der Waals surface area contributed by atoms with Crippen LogP contribution >= 0.6 is 11.8 Å². The van der Waals surface area contributed by atoms with E-state index in [0.29, 0.717) is 5.56 Å². The van der Waals surface area contributed by atoms with Gasteiger partial charge in [0.05, 0.1) is 11.5 Å². The van der Waals surface area contributed by atoms with Gasteiger partial charge in [-0.05, 0) is 45.0 Å². The number of hydrogen-bond acceptors (Lipinski definition) is 4. The second-order valence-corrected chi connectivity index (χ2v) is 5.99. The first-order valence-electron chi connectivity index (χ1n) is 5.86. The summed E-state index contributed by atoms with van der Waals surface area (Å²) in [5, 5.41) is 0. The molecule has 3 nitrogen and oxygen atoms in total. The number of Topliss-reactive ketones (excluding diaryl/α,β-unsaturated/α-hetero) is 1. The number of rotatable bonds is 5. The summed E-state index contributed by atoms with van der Waals surface area (Å²) in [4.78, 5) is 23.1. The summed E-state index contributed by atoms with van der Waals surface area (Å²) in [6, 6.07) is 5.36. The molecule has 1 aromatic rings. The third-order valence-electron chi connectivity index (χ3n) is 2.04. The summed E-state index contributed by atoms with van der Waals surface area (Å²) in [6.45, 7) is 5.37. The van der Waals surface area contributed by atoms with Gasteiger partial charge in [-0.3, -0.25) is 9.59 Å². The minimum Gasteiger partial charge on any atom is -0.459 e. The summed E-state index contributed by atoms with van der Waals surface area (Å²) in [5.41, 5.74) is -0.0726. The maximum absolute atomic E-state index is 12.7. The lowest BCUT2D eigenvalue weighted by Crippen LogP contribution is -2.25. The number of esters is 1. The van der Waals surface area contributed by atoms with E-state index in [0.717, 1.165) is 0 Å². The number of benzene rings is 1. The van der Waals surface area contributed by atoms with Crippen LogP contribution in [0.25, 0.3) is 0 Å². The van der Waals surface area contributed by atoms with Gasteiger partial charge in [0, 0.05) is 5.56 Å². The highest BCUT2D eigenvalue weighted by Gasteiger charge is 2.16. The Balaban J connectivity index is 2.35. The van der Waals surface area contributed by atoms with Gasteiger partial charge < -0.3 is 4.74 Å². The van der Waals surface area contributed by atoms with E-state index in [1.807, 2.05) is 0 Å². The second kappa shape index (κ2) is 6.70. The molecule has 0 radical (unpaired) electrons. The van der Waals surface area contributed by atoms with Crippen LogP contribution in [-0.4, -0.2) is 28.9 Å². The number of ether oxygens (including phenoxy) is 1. The van der Waals surface area contributed by atoms with Crippen LogP contribution in [0.2, 0.25) is 0 Å². The summed E-state index contributed by atoms with van der Waals surface area (Å²) < 4.78 is 17.8. The van der Waals surface area contributed by atoms with Crippen molar-refractivity contribution in [3.8, 4) is 0 Å². The Morgan fingerprint density at radius 2 is 1.74 bits per heavy atom. The van der Waals surface area contributed by atoms with Crippen LogP contribution in [-0.2, 0) is 9.53 Å². The van der Waals surface area contributed by atoms with Crippen LogP contribution in [0.5, 0.6) is 0 Å². The summed E-state index contributed by atoms with van der Waals surface area (Å²) in [6.07, 6.45) is 0. The van der Waals surface area contributed by atoms with Crippen molar-refractivity contribution in [1.82, 2.24) is 0 Å². The molecule has 5 heteroatoms. The predicted molar refractivity (Wildman–Crippen MR) is 73.9 cm³/mol. The van der Waals surface area contributed by atoms with Crippen LogP contribution in [0.3, 0.4) is 0 Å². The molecule has 1 aromatic carbocycles. The molecule has 0 aromatic heterocycles. The van der Waals surface area contributed by atoms with Gasteiger partial charge in [0.15, 0.2) is 5.78 Å². The van der Waals surface area contributed by atoms with Gasteiger partial charge in [-0.15, -0.1) is 11.8 Å². The zero-order chi connectivity index (χ0) is 14.5. The molecule has 0 atom stereocenters. The molecule has 0 unspecified atom stereocenters. The third kappa shape index (κ3) is 6.38. The van der Waals surface area contributed by atoms with Crippen molar-refractivity contribution in [3.63, 3.8) is 0 Å². The molecule has 0 spiro atoms. The first-order chi connectivity index (χ1) is 8.78. The average Bonchev–Trinajstić information content (AvgIpc) is 2.27. The number of thioether (sulfide) groups is 1. The van der Waals surface area contributed by atoms with Crippen LogP contribution < -0.4 is 0 Å². The smallest absolute Gasteiger partial charge is 0.316 e. The average molecular weight is 284 g/mol. The molecule has 0 aliphatic heterocycles. The molecule has 0 N–H and O–H groups in total. The molecular weight excluding hydrogens is 267 g/mol. The fraction of sp³-hybridized carbons (Fsp3) is 0.429. The van der Waals surface area contributed by atoms with Crippen molar-refractivity contribution < 1.29 is 18.7 Å². The van der Waals surface area contributed by atoms with Crippen molar-refractivity contribution in [3.05, 3.63) is 35.6 Å². The molecular formula is C14H17FO3S. The molecule has 0 saturated carbocycles. The van der Waals surface area contributed by atoms with Gasteiger partial charge in [-0.1, -0.05) is 0 Å². The predicted octanol–water partition coefficient (Wildman–Crippen LogP) is 3.08. The molecule has 0 heterocycles. The Kier molecular flexibility index (Phi) is 5.54. The van der Waals surface area contributed by atoms with Crippen LogP contribution in [0, 0.1) is 5.82 Å². The zero-order valence-electron chi connectivity index (χ0n) is 11.2. The number of carbonyl (C=O) groups is 2. The van der Waals surface area contributed by atoms with Gasteiger partial charge in [0.25, 0.3) is 0 Å². The molecule has 1 rings (SSSR count). The van der Waals surface area contributed by atoms with E-state index in [1.54, 1.807) is 20.8 Å². The number of carbonyl (C=O) groups excluding carboxylic acids is 2. The van der Waals surface area contributed by atoms with E-state index in [2.05, 4.69) is 0 Å². The Morgan fingerprint density at radius 1 is 1.16 bits per heavy atom. The highest BCUT2D eigenvalue weighted by Crippen LogP contribution is 2.12. The third-order valence-corrected chi connectivity index (χ3v) is 2.95. The van der Waals surface area contributed by atoms with Gasteiger partial charge in [-0.25, -0.2) is 4.39 Å². The molecule has 104 valence electrons.